The predicted molar refractivity (Wildman–Crippen MR) is 174 cm³/mol. The van der Waals surface area contributed by atoms with Gasteiger partial charge >= 0.3 is 6.03 Å². The third kappa shape index (κ3) is 5.85. The fraction of sp³-hybridized carbons (Fsp3) is 0.429. The molecule has 2 fully saturated rings. The largest absolute Gasteiger partial charge is 0.366 e. The van der Waals surface area contributed by atoms with E-state index in [1.807, 2.05) is 25.4 Å². The first kappa shape index (κ1) is 30.3. The Kier molecular flexibility index (Phi) is 8.48. The van der Waals surface area contributed by atoms with E-state index in [9.17, 15) is 4.79 Å². The molecule has 2 aliphatic heterocycles. The van der Waals surface area contributed by atoms with Gasteiger partial charge in [0.25, 0.3) is 0 Å². The fourth-order valence-corrected chi connectivity index (χ4v) is 6.94. The van der Waals surface area contributed by atoms with Crippen LogP contribution in [0.3, 0.4) is 0 Å². The Balaban J connectivity index is 1.14. The molecule has 3 aliphatic rings. The molecule has 6 rings (SSSR count). The number of primary amides is 1. The van der Waals surface area contributed by atoms with Crippen molar-refractivity contribution in [2.75, 3.05) is 33.2 Å². The van der Waals surface area contributed by atoms with Crippen LogP contribution in [-0.2, 0) is 18.4 Å². The second-order valence-corrected chi connectivity index (χ2v) is 12.7. The Morgan fingerprint density at radius 2 is 1.59 bits per heavy atom. The summed E-state index contributed by atoms with van der Waals surface area (Å²) < 4.78 is 8.44. The number of hydrogen-bond acceptors (Lipinski definition) is 6. The maximum atomic E-state index is 12.8. The number of amides is 2. The number of rotatable bonds is 8. The number of urea groups is 1. The molecule has 2 aromatic carbocycles. The highest BCUT2D eigenvalue weighted by Crippen LogP contribution is 2.46. The maximum absolute atomic E-state index is 12.8. The highest BCUT2D eigenvalue weighted by Gasteiger charge is 2.55. The minimum absolute atomic E-state index is 0.389. The van der Waals surface area contributed by atoms with E-state index >= 15 is 0 Å². The average molecular weight is 596 g/mol. The van der Waals surface area contributed by atoms with Crippen LogP contribution in [0.2, 0.25) is 0 Å². The van der Waals surface area contributed by atoms with Crippen LogP contribution in [0.5, 0.6) is 0 Å². The van der Waals surface area contributed by atoms with Crippen molar-refractivity contribution in [1.29, 1.82) is 0 Å². The molecular formula is C35H45N7O2. The third-order valence-corrected chi connectivity index (χ3v) is 9.88. The van der Waals surface area contributed by atoms with Gasteiger partial charge in [-0.05, 0) is 55.1 Å². The molecule has 1 saturated carbocycles. The molecule has 0 unspecified atom stereocenters. The molecule has 9 heteroatoms. The molecule has 0 bridgehead atoms. The molecule has 44 heavy (non-hydrogen) atoms. The maximum Gasteiger partial charge on any atom is 0.320 e. The van der Waals surface area contributed by atoms with E-state index in [2.05, 4.69) is 77.4 Å². The lowest BCUT2D eigenvalue weighted by atomic mass is 9.82. The number of likely N-dealkylation sites (N-methyl/N-ethyl adjacent to an activating group) is 1. The van der Waals surface area contributed by atoms with Crippen LogP contribution < -0.4 is 11.5 Å². The van der Waals surface area contributed by atoms with Gasteiger partial charge in [-0.1, -0.05) is 67.4 Å². The Hall–Kier alpha value is -3.76. The number of aryl methyl sites for hydroxylation is 1. The number of hydrogen-bond donors (Lipinski definition) is 2. The zero-order valence-corrected chi connectivity index (χ0v) is 26.2. The number of benzene rings is 2. The molecule has 2 amide bonds. The molecular weight excluding hydrogens is 550 g/mol. The van der Waals surface area contributed by atoms with Crippen molar-refractivity contribution in [1.82, 2.24) is 24.5 Å². The van der Waals surface area contributed by atoms with Crippen LogP contribution >= 0.6 is 0 Å². The summed E-state index contributed by atoms with van der Waals surface area (Å²) in [6, 6.07) is 17.3. The summed E-state index contributed by atoms with van der Waals surface area (Å²) in [5.74, 6) is 0. The summed E-state index contributed by atoms with van der Waals surface area (Å²) in [5, 5.41) is 4.26. The van der Waals surface area contributed by atoms with Crippen LogP contribution in [0.4, 0.5) is 4.79 Å². The molecule has 0 radical (unpaired) electrons. The molecule has 1 aromatic heterocycles. The summed E-state index contributed by atoms with van der Waals surface area (Å²) in [4.78, 5) is 19.2. The zero-order valence-electron chi connectivity index (χ0n) is 26.2. The Labute approximate surface area is 260 Å². The first-order valence-electron chi connectivity index (χ1n) is 15.7. The van der Waals surface area contributed by atoms with Gasteiger partial charge in [-0.3, -0.25) is 14.5 Å². The van der Waals surface area contributed by atoms with Crippen molar-refractivity contribution < 1.29 is 9.53 Å². The van der Waals surface area contributed by atoms with Gasteiger partial charge in [0.2, 0.25) is 0 Å². The Bertz CT molecular complexity index is 1510. The van der Waals surface area contributed by atoms with E-state index in [0.29, 0.717) is 12.6 Å². The molecule has 232 valence electrons. The number of piperazine rings is 1. The van der Waals surface area contributed by atoms with E-state index in [1.165, 1.54) is 21.6 Å². The van der Waals surface area contributed by atoms with Crippen molar-refractivity contribution in [2.24, 2.45) is 18.5 Å². The summed E-state index contributed by atoms with van der Waals surface area (Å²) in [7, 11) is 4.05. The van der Waals surface area contributed by atoms with Crippen molar-refractivity contribution in [2.45, 2.75) is 56.5 Å². The molecule has 1 aliphatic carbocycles. The zero-order chi connectivity index (χ0) is 30.9. The van der Waals surface area contributed by atoms with E-state index in [4.69, 9.17) is 16.2 Å². The van der Waals surface area contributed by atoms with E-state index in [0.717, 1.165) is 68.6 Å². The SMILES string of the molecule is C[C@@H](c1ccc(-c2ccc(COC3([C@]4(N)C=CC(c5cnn(C)c5)=CN4C(N)=O)CCCC3)cc2)cc1)N1CCN(C)CC1. The normalized spacial score (nSPS) is 23.1. The van der Waals surface area contributed by atoms with Gasteiger partial charge in [0.15, 0.2) is 0 Å². The number of nitrogens with two attached hydrogens (primary N) is 2. The smallest absolute Gasteiger partial charge is 0.320 e. The van der Waals surface area contributed by atoms with Crippen molar-refractivity contribution in [3.05, 3.63) is 96.0 Å². The van der Waals surface area contributed by atoms with E-state index in [1.54, 1.807) is 17.1 Å². The number of ether oxygens (including phenoxy) is 1. The molecule has 9 nitrogen and oxygen atoms in total. The molecule has 4 N–H and O–H groups in total. The standard InChI is InChI=1S/C35H45N7O2/c1-26(41-20-18-39(2)19-21-41)28-10-12-30(13-11-28)29-8-6-27(7-9-29)25-44-34(15-4-5-16-34)35(37)17-14-31(24-42(35)33(36)43)32-22-38-40(3)23-32/h6-14,17,22-24,26H,4-5,15-16,18-21,25,37H2,1-3H3,(H2,36,43)/t26-,35-/m0/s1. The lowest BCUT2D eigenvalue weighted by Gasteiger charge is -2.50. The van der Waals surface area contributed by atoms with Gasteiger partial charge in [0.05, 0.1) is 12.8 Å². The highest BCUT2D eigenvalue weighted by atomic mass is 16.5. The molecule has 0 spiro atoms. The monoisotopic (exact) mass is 595 g/mol. The van der Waals surface area contributed by atoms with Crippen LogP contribution in [-0.4, -0.2) is 75.0 Å². The highest BCUT2D eigenvalue weighted by molar-refractivity contribution is 5.82. The second kappa shape index (κ2) is 12.3. The van der Waals surface area contributed by atoms with Gasteiger partial charge < -0.3 is 21.1 Å². The van der Waals surface area contributed by atoms with Crippen LogP contribution in [0.15, 0.2) is 79.3 Å². The van der Waals surface area contributed by atoms with E-state index in [-0.39, 0.29) is 0 Å². The van der Waals surface area contributed by atoms with Crippen molar-refractivity contribution in [3.8, 4) is 11.1 Å². The van der Waals surface area contributed by atoms with Gasteiger partial charge in [-0.15, -0.1) is 0 Å². The molecule has 2 atom stereocenters. The van der Waals surface area contributed by atoms with E-state index < -0.39 is 17.3 Å². The van der Waals surface area contributed by atoms with Crippen LogP contribution in [0.1, 0.15) is 55.3 Å². The number of allylic oxidation sites excluding steroid dienone is 2. The number of carbonyl (C=O) groups is 1. The van der Waals surface area contributed by atoms with Gasteiger partial charge in [0, 0.05) is 62.8 Å². The fourth-order valence-electron chi connectivity index (χ4n) is 6.94. The third-order valence-electron chi connectivity index (χ3n) is 9.88. The van der Waals surface area contributed by atoms with Crippen molar-refractivity contribution >= 4 is 11.6 Å². The predicted octanol–water partition coefficient (Wildman–Crippen LogP) is 4.87. The Morgan fingerprint density at radius 1 is 0.955 bits per heavy atom. The lowest BCUT2D eigenvalue weighted by Crippen LogP contribution is -2.70. The number of carbonyl (C=O) groups excluding carboxylic acids is 1. The van der Waals surface area contributed by atoms with Crippen LogP contribution in [0.25, 0.3) is 16.7 Å². The quantitative estimate of drug-likeness (QED) is 0.385. The second-order valence-electron chi connectivity index (χ2n) is 12.7. The molecule has 3 aromatic rings. The van der Waals surface area contributed by atoms with Gasteiger partial charge in [-0.2, -0.15) is 5.10 Å². The van der Waals surface area contributed by atoms with Gasteiger partial charge in [-0.25, -0.2) is 4.79 Å². The summed E-state index contributed by atoms with van der Waals surface area (Å²) >= 11 is 0. The number of nitrogens with zero attached hydrogens (tertiary/aromatic N) is 5. The summed E-state index contributed by atoms with van der Waals surface area (Å²) in [6.45, 7) is 7.15. The van der Waals surface area contributed by atoms with Gasteiger partial charge in [0.1, 0.15) is 11.3 Å². The lowest BCUT2D eigenvalue weighted by molar-refractivity contribution is -0.119. The molecule has 1 saturated heterocycles. The summed E-state index contributed by atoms with van der Waals surface area (Å²) in [5.41, 5.74) is 17.5. The first-order chi connectivity index (χ1) is 21.2. The first-order valence-corrected chi connectivity index (χ1v) is 15.7. The topological polar surface area (TPSA) is 106 Å². The Morgan fingerprint density at radius 3 is 2.18 bits per heavy atom. The minimum atomic E-state index is -1.20. The minimum Gasteiger partial charge on any atom is -0.366 e. The summed E-state index contributed by atoms with van der Waals surface area (Å²) in [6.07, 6.45) is 12.6. The molecule has 3 heterocycles. The average Bonchev–Trinajstić information content (AvgIpc) is 3.71. The van der Waals surface area contributed by atoms with Crippen LogP contribution in [0, 0.1) is 0 Å². The number of aromatic nitrogens is 2. The van der Waals surface area contributed by atoms with Crippen molar-refractivity contribution in [3.63, 3.8) is 0 Å².